The summed E-state index contributed by atoms with van der Waals surface area (Å²) in [5.41, 5.74) is 4.35. The molecule has 0 saturated carbocycles. The van der Waals surface area contributed by atoms with Crippen molar-refractivity contribution in [3.05, 3.63) is 102 Å². The Kier molecular flexibility index (Phi) is 6.64. The molecule has 2 N–H and O–H groups in total. The zero-order chi connectivity index (χ0) is 24.2. The molecule has 0 bridgehead atoms. The third-order valence-corrected chi connectivity index (χ3v) is 6.71. The number of hydrogen-bond acceptors (Lipinski definition) is 3. The van der Waals surface area contributed by atoms with E-state index in [-0.39, 0.29) is 18.4 Å². The molecule has 1 aromatic heterocycles. The topological polar surface area (TPSA) is 76.6 Å². The quantitative estimate of drug-likeness (QED) is 0.392. The lowest BCUT2D eigenvalue weighted by Crippen LogP contribution is -2.50. The van der Waals surface area contributed by atoms with Crippen LogP contribution in [-0.2, 0) is 17.8 Å². The Morgan fingerprint density at radius 2 is 1.69 bits per heavy atom. The minimum atomic E-state index is -0.663. The summed E-state index contributed by atoms with van der Waals surface area (Å²) in [7, 11) is 0. The van der Waals surface area contributed by atoms with E-state index in [0.29, 0.717) is 37.9 Å². The van der Waals surface area contributed by atoms with Crippen LogP contribution in [0.2, 0.25) is 0 Å². The van der Waals surface area contributed by atoms with Crippen molar-refractivity contribution in [1.82, 2.24) is 9.88 Å². The van der Waals surface area contributed by atoms with Gasteiger partial charge in [0.1, 0.15) is 6.04 Å². The van der Waals surface area contributed by atoms with Crippen LogP contribution in [0, 0.1) is 0 Å². The number of aliphatic hydroxyl groups excluding tert-OH is 1. The summed E-state index contributed by atoms with van der Waals surface area (Å²) in [5, 5.41) is 10.4. The number of hydrogen-bond donors (Lipinski definition) is 2. The van der Waals surface area contributed by atoms with Gasteiger partial charge in [-0.3, -0.25) is 9.59 Å². The Morgan fingerprint density at radius 1 is 0.943 bits per heavy atom. The first-order valence-electron chi connectivity index (χ1n) is 12.1. The highest BCUT2D eigenvalue weighted by molar-refractivity contribution is 6.04. The number of aromatic nitrogens is 1. The van der Waals surface area contributed by atoms with Crippen molar-refractivity contribution >= 4 is 28.4 Å². The number of rotatable bonds is 7. The SMILES string of the molecule is O=C1C(Cc2c[nH]c3ccccc23)N(C(=O)c2ccccc2)Cc2ccccc2N1CCCCO. The van der Waals surface area contributed by atoms with Crippen molar-refractivity contribution in [3.63, 3.8) is 0 Å². The number of nitrogens with one attached hydrogen (secondary N) is 1. The van der Waals surface area contributed by atoms with Gasteiger partial charge in [0, 0.05) is 54.5 Å². The third-order valence-electron chi connectivity index (χ3n) is 6.71. The normalized spacial score (nSPS) is 15.8. The lowest BCUT2D eigenvalue weighted by atomic mass is 10.0. The number of anilines is 1. The van der Waals surface area contributed by atoms with Gasteiger partial charge in [0.25, 0.3) is 5.91 Å². The number of para-hydroxylation sites is 2. The van der Waals surface area contributed by atoms with Crippen LogP contribution in [-0.4, -0.2) is 46.0 Å². The maximum absolute atomic E-state index is 14.2. The van der Waals surface area contributed by atoms with Gasteiger partial charge in [-0.05, 0) is 48.2 Å². The summed E-state index contributed by atoms with van der Waals surface area (Å²) in [6, 6.07) is 24.3. The molecule has 3 aromatic carbocycles. The predicted octanol–water partition coefficient (Wildman–Crippen LogP) is 4.54. The highest BCUT2D eigenvalue weighted by Gasteiger charge is 2.38. The Balaban J connectivity index is 1.59. The van der Waals surface area contributed by atoms with Gasteiger partial charge in [0.15, 0.2) is 0 Å². The van der Waals surface area contributed by atoms with E-state index < -0.39 is 6.04 Å². The molecule has 2 amide bonds. The molecule has 0 aliphatic carbocycles. The number of carbonyl (C=O) groups is 2. The third kappa shape index (κ3) is 4.57. The van der Waals surface area contributed by atoms with Crippen LogP contribution in [0.5, 0.6) is 0 Å². The van der Waals surface area contributed by atoms with Crippen LogP contribution in [0.15, 0.2) is 85.1 Å². The van der Waals surface area contributed by atoms with E-state index in [1.165, 1.54) is 0 Å². The zero-order valence-corrected chi connectivity index (χ0v) is 19.6. The van der Waals surface area contributed by atoms with Crippen molar-refractivity contribution in [2.45, 2.75) is 31.8 Å². The standard InChI is InChI=1S/C29H29N3O3/c33-17-9-8-16-31-26-15-7-4-12-22(26)20-32(28(34)21-10-2-1-3-11-21)27(29(31)35)18-23-19-30-25-14-6-5-13-24(23)25/h1-7,10-15,19,27,30,33H,8-9,16-18,20H2. The number of fused-ring (bicyclic) bond motifs is 2. The lowest BCUT2D eigenvalue weighted by Gasteiger charge is -2.31. The molecule has 1 aliphatic heterocycles. The first-order valence-corrected chi connectivity index (χ1v) is 12.1. The monoisotopic (exact) mass is 467 g/mol. The van der Waals surface area contributed by atoms with E-state index in [9.17, 15) is 14.7 Å². The van der Waals surface area contributed by atoms with Crippen molar-refractivity contribution in [1.29, 1.82) is 0 Å². The largest absolute Gasteiger partial charge is 0.396 e. The van der Waals surface area contributed by atoms with Gasteiger partial charge in [-0.25, -0.2) is 0 Å². The van der Waals surface area contributed by atoms with Crippen LogP contribution < -0.4 is 4.90 Å². The first kappa shape index (κ1) is 22.9. The molecule has 6 nitrogen and oxygen atoms in total. The number of unbranched alkanes of at least 4 members (excludes halogenated alkanes) is 1. The second-order valence-electron chi connectivity index (χ2n) is 8.93. The van der Waals surface area contributed by atoms with Crippen LogP contribution in [0.1, 0.15) is 34.3 Å². The van der Waals surface area contributed by atoms with Crippen LogP contribution in [0.3, 0.4) is 0 Å². The van der Waals surface area contributed by atoms with E-state index in [1.54, 1.807) is 17.0 Å². The van der Waals surface area contributed by atoms with Gasteiger partial charge in [0.05, 0.1) is 0 Å². The molecule has 1 unspecified atom stereocenters. The maximum atomic E-state index is 14.2. The molecule has 5 rings (SSSR count). The van der Waals surface area contributed by atoms with Gasteiger partial charge >= 0.3 is 0 Å². The number of carbonyl (C=O) groups excluding carboxylic acids is 2. The van der Waals surface area contributed by atoms with Crippen LogP contribution >= 0.6 is 0 Å². The minimum Gasteiger partial charge on any atom is -0.396 e. The Hall–Kier alpha value is -3.90. The number of nitrogens with zero attached hydrogens (tertiary/aromatic N) is 2. The predicted molar refractivity (Wildman–Crippen MR) is 137 cm³/mol. The van der Waals surface area contributed by atoms with Gasteiger partial charge in [-0.15, -0.1) is 0 Å². The summed E-state index contributed by atoms with van der Waals surface area (Å²) >= 11 is 0. The minimum absolute atomic E-state index is 0.0844. The molecule has 0 saturated heterocycles. The van der Waals surface area contributed by atoms with Crippen molar-refractivity contribution < 1.29 is 14.7 Å². The van der Waals surface area contributed by atoms with E-state index in [4.69, 9.17) is 0 Å². The summed E-state index contributed by atoms with van der Waals surface area (Å²) in [6.07, 6.45) is 3.65. The Morgan fingerprint density at radius 3 is 2.51 bits per heavy atom. The number of aliphatic hydroxyl groups is 1. The summed E-state index contributed by atoms with van der Waals surface area (Å²) < 4.78 is 0. The molecule has 0 fully saturated rings. The second-order valence-corrected chi connectivity index (χ2v) is 8.93. The molecular weight excluding hydrogens is 438 g/mol. The lowest BCUT2D eigenvalue weighted by molar-refractivity contribution is -0.123. The average molecular weight is 468 g/mol. The van der Waals surface area contributed by atoms with E-state index in [1.807, 2.05) is 77.8 Å². The van der Waals surface area contributed by atoms with Gasteiger partial charge in [-0.2, -0.15) is 0 Å². The van der Waals surface area contributed by atoms with Crippen molar-refractivity contribution in [2.75, 3.05) is 18.1 Å². The molecule has 2 heterocycles. The molecule has 1 atom stereocenters. The van der Waals surface area contributed by atoms with Gasteiger partial charge in [0.2, 0.25) is 5.91 Å². The Labute approximate surface area is 204 Å². The molecule has 35 heavy (non-hydrogen) atoms. The summed E-state index contributed by atoms with van der Waals surface area (Å²) in [4.78, 5) is 34.8. The van der Waals surface area contributed by atoms with Crippen molar-refractivity contribution in [2.24, 2.45) is 0 Å². The van der Waals surface area contributed by atoms with Crippen LogP contribution in [0.4, 0.5) is 5.69 Å². The molecule has 4 aromatic rings. The molecule has 178 valence electrons. The van der Waals surface area contributed by atoms with E-state index in [2.05, 4.69) is 4.98 Å². The molecule has 1 aliphatic rings. The fourth-order valence-corrected chi connectivity index (χ4v) is 4.91. The fraction of sp³-hybridized carbons (Fsp3) is 0.241. The molecular formula is C29H29N3O3. The molecule has 0 spiro atoms. The summed E-state index contributed by atoms with van der Waals surface area (Å²) in [5.74, 6) is -0.252. The number of aromatic amines is 1. The molecule has 0 radical (unpaired) electrons. The number of H-pyrrole nitrogens is 1. The first-order chi connectivity index (χ1) is 17.2. The van der Waals surface area contributed by atoms with Gasteiger partial charge < -0.3 is 19.9 Å². The van der Waals surface area contributed by atoms with Gasteiger partial charge in [-0.1, -0.05) is 54.6 Å². The Bertz CT molecular complexity index is 1330. The molecule has 6 heteroatoms. The smallest absolute Gasteiger partial charge is 0.254 e. The average Bonchev–Trinajstić information content (AvgIpc) is 3.27. The van der Waals surface area contributed by atoms with E-state index >= 15 is 0 Å². The van der Waals surface area contributed by atoms with Crippen molar-refractivity contribution in [3.8, 4) is 0 Å². The summed E-state index contributed by atoms with van der Waals surface area (Å²) in [6.45, 7) is 0.925. The number of amides is 2. The zero-order valence-electron chi connectivity index (χ0n) is 19.6. The number of benzene rings is 3. The van der Waals surface area contributed by atoms with Crippen LogP contribution in [0.25, 0.3) is 10.9 Å². The van der Waals surface area contributed by atoms with E-state index in [0.717, 1.165) is 27.7 Å². The highest BCUT2D eigenvalue weighted by Crippen LogP contribution is 2.31. The maximum Gasteiger partial charge on any atom is 0.254 e. The second kappa shape index (κ2) is 10.2. The highest BCUT2D eigenvalue weighted by atomic mass is 16.3. The fourth-order valence-electron chi connectivity index (χ4n) is 4.91.